The van der Waals surface area contributed by atoms with E-state index in [4.69, 9.17) is 32.9 Å². The lowest BCUT2D eigenvalue weighted by atomic mass is 9.83. The first-order valence-corrected chi connectivity index (χ1v) is 15.1. The molecular formula is C27H33Cl2N7O3S. The summed E-state index contributed by atoms with van der Waals surface area (Å²) in [6, 6.07) is 0. The number of piperazine rings is 1. The van der Waals surface area contributed by atoms with Gasteiger partial charge in [0, 0.05) is 51.4 Å². The average Bonchev–Trinajstić information content (AvgIpc) is 3.52. The number of hydrogen-bond acceptors (Lipinski definition) is 10. The minimum absolute atomic E-state index is 0.0331. The summed E-state index contributed by atoms with van der Waals surface area (Å²) in [6.07, 6.45) is 4.61. The molecule has 2 aliphatic heterocycles. The van der Waals surface area contributed by atoms with Gasteiger partial charge in [0.05, 0.1) is 29.0 Å². The number of thiazole rings is 1. The standard InChI is InChI=1S/C27H33Cl2N7O3S/c1-4-39-26(38)25-23(18-12-32-20(13-31-18)35-9-6-30-7-10-35)34-27(40-25)36-8-5-17(15(2)14-36)11-19(37)24-22(29)21(28)16(3)33-24/h12-13,15,17,30,33H,4-11,14H2,1-3H3/t15-,17-/m0/s1. The number of ketones is 1. The summed E-state index contributed by atoms with van der Waals surface area (Å²) >= 11 is 13.8. The Morgan fingerprint density at radius 3 is 2.52 bits per heavy atom. The van der Waals surface area contributed by atoms with Gasteiger partial charge in [-0.2, -0.15) is 0 Å². The van der Waals surface area contributed by atoms with Crippen molar-refractivity contribution < 1.29 is 14.3 Å². The van der Waals surface area contributed by atoms with E-state index in [2.05, 4.69) is 37.0 Å². The number of ether oxygens (including phenoxy) is 1. The predicted molar refractivity (Wildman–Crippen MR) is 158 cm³/mol. The number of aromatic nitrogens is 4. The fourth-order valence-corrected chi connectivity index (χ4v) is 6.67. The Bertz CT molecular complexity index is 1370. The van der Waals surface area contributed by atoms with Crippen molar-refractivity contribution in [3.05, 3.63) is 38.7 Å². The first-order chi connectivity index (χ1) is 19.3. The van der Waals surface area contributed by atoms with Gasteiger partial charge >= 0.3 is 5.97 Å². The van der Waals surface area contributed by atoms with Gasteiger partial charge in [-0.1, -0.05) is 41.5 Å². The lowest BCUT2D eigenvalue weighted by Gasteiger charge is -2.36. The monoisotopic (exact) mass is 605 g/mol. The zero-order valence-electron chi connectivity index (χ0n) is 22.8. The smallest absolute Gasteiger partial charge is 0.350 e. The third kappa shape index (κ3) is 5.97. The molecule has 13 heteroatoms. The van der Waals surface area contributed by atoms with Gasteiger partial charge in [-0.25, -0.2) is 19.7 Å². The van der Waals surface area contributed by atoms with Gasteiger partial charge in [-0.05, 0) is 32.1 Å². The number of Topliss-reactive ketones (excluding diaryl/α,β-unsaturated/α-hetero) is 1. The number of H-pyrrole nitrogens is 1. The highest BCUT2D eigenvalue weighted by molar-refractivity contribution is 7.17. The Kier molecular flexibility index (Phi) is 8.94. The molecule has 2 aliphatic rings. The van der Waals surface area contributed by atoms with Gasteiger partial charge in [0.1, 0.15) is 27.8 Å². The molecule has 5 rings (SSSR count). The Hall–Kier alpha value is -2.73. The maximum absolute atomic E-state index is 13.0. The second kappa shape index (κ2) is 12.4. The summed E-state index contributed by atoms with van der Waals surface area (Å²) in [5.41, 5.74) is 2.09. The van der Waals surface area contributed by atoms with Crippen molar-refractivity contribution >= 4 is 57.2 Å². The Labute approximate surface area is 247 Å². The van der Waals surface area contributed by atoms with E-state index in [-0.39, 0.29) is 24.2 Å². The minimum atomic E-state index is -0.417. The molecule has 0 aliphatic carbocycles. The second-order valence-electron chi connectivity index (χ2n) is 10.2. The van der Waals surface area contributed by atoms with Crippen LogP contribution in [0.2, 0.25) is 10.0 Å². The number of piperidine rings is 1. The zero-order valence-corrected chi connectivity index (χ0v) is 25.1. The van der Waals surface area contributed by atoms with Crippen molar-refractivity contribution in [2.24, 2.45) is 11.8 Å². The molecule has 0 amide bonds. The second-order valence-corrected chi connectivity index (χ2v) is 12.0. The number of carbonyl (C=O) groups is 2. The van der Waals surface area contributed by atoms with E-state index in [0.717, 1.165) is 43.5 Å². The van der Waals surface area contributed by atoms with E-state index in [1.165, 1.54) is 11.3 Å². The van der Waals surface area contributed by atoms with Crippen LogP contribution in [0, 0.1) is 18.8 Å². The number of aryl methyl sites for hydroxylation is 1. The van der Waals surface area contributed by atoms with Crippen LogP contribution in [0.5, 0.6) is 0 Å². The highest BCUT2D eigenvalue weighted by atomic mass is 35.5. The predicted octanol–water partition coefficient (Wildman–Crippen LogP) is 4.87. The van der Waals surface area contributed by atoms with E-state index < -0.39 is 5.97 Å². The number of rotatable bonds is 8. The Balaban J connectivity index is 1.32. The largest absolute Gasteiger partial charge is 0.462 e. The Morgan fingerprint density at radius 1 is 1.12 bits per heavy atom. The molecule has 0 unspecified atom stereocenters. The first-order valence-electron chi connectivity index (χ1n) is 13.5. The summed E-state index contributed by atoms with van der Waals surface area (Å²) < 4.78 is 5.34. The van der Waals surface area contributed by atoms with E-state index in [0.29, 0.717) is 57.2 Å². The minimum Gasteiger partial charge on any atom is -0.462 e. The third-order valence-electron chi connectivity index (χ3n) is 7.53. The van der Waals surface area contributed by atoms with Crippen molar-refractivity contribution in [1.82, 2.24) is 25.3 Å². The molecule has 2 N–H and O–H groups in total. The van der Waals surface area contributed by atoms with Crippen molar-refractivity contribution in [2.45, 2.75) is 33.6 Å². The number of halogens is 2. The summed E-state index contributed by atoms with van der Waals surface area (Å²) in [6.45, 7) is 11.0. The number of esters is 1. The summed E-state index contributed by atoms with van der Waals surface area (Å²) in [5, 5.41) is 4.75. The van der Waals surface area contributed by atoms with Crippen molar-refractivity contribution in [3.63, 3.8) is 0 Å². The normalized spacial score (nSPS) is 19.6. The van der Waals surface area contributed by atoms with E-state index in [9.17, 15) is 9.59 Å². The van der Waals surface area contributed by atoms with Crippen molar-refractivity contribution in [2.75, 3.05) is 55.7 Å². The highest BCUT2D eigenvalue weighted by Crippen LogP contribution is 2.38. The molecule has 2 saturated heterocycles. The fourth-order valence-electron chi connectivity index (χ4n) is 5.23. The van der Waals surface area contributed by atoms with Crippen LogP contribution in [0.4, 0.5) is 10.9 Å². The lowest BCUT2D eigenvalue weighted by molar-refractivity contribution is 0.0532. The molecular weight excluding hydrogens is 573 g/mol. The SMILES string of the molecule is CCOC(=O)c1sc(N2CC[C@@H](CC(=O)c3[nH]c(C)c(Cl)c3Cl)[C@@H](C)C2)nc1-c1cnc(N2CCNCC2)cn1. The van der Waals surface area contributed by atoms with Crippen molar-refractivity contribution in [1.29, 1.82) is 0 Å². The van der Waals surface area contributed by atoms with Crippen LogP contribution in [0.15, 0.2) is 12.4 Å². The number of nitrogens with zero attached hydrogens (tertiary/aromatic N) is 5. The maximum Gasteiger partial charge on any atom is 0.350 e. The topological polar surface area (TPSA) is 116 Å². The molecule has 2 atom stereocenters. The van der Waals surface area contributed by atoms with Crippen LogP contribution >= 0.6 is 34.5 Å². The number of nitrogens with one attached hydrogen (secondary N) is 2. The van der Waals surface area contributed by atoms with E-state index in [1.807, 2.05) is 0 Å². The summed E-state index contributed by atoms with van der Waals surface area (Å²) in [4.78, 5) is 47.8. The molecule has 5 heterocycles. The maximum atomic E-state index is 13.0. The number of hydrogen-bond donors (Lipinski definition) is 2. The van der Waals surface area contributed by atoms with Crippen LogP contribution in [0.25, 0.3) is 11.4 Å². The number of anilines is 2. The number of carbonyl (C=O) groups excluding carboxylic acids is 2. The highest BCUT2D eigenvalue weighted by Gasteiger charge is 2.32. The molecule has 214 valence electrons. The molecule has 40 heavy (non-hydrogen) atoms. The van der Waals surface area contributed by atoms with Gasteiger partial charge in [0.25, 0.3) is 0 Å². The molecule has 3 aromatic heterocycles. The average molecular weight is 607 g/mol. The zero-order chi connectivity index (χ0) is 28.4. The van der Waals surface area contributed by atoms with Crippen LogP contribution in [-0.2, 0) is 4.74 Å². The van der Waals surface area contributed by atoms with Crippen molar-refractivity contribution in [3.8, 4) is 11.4 Å². The summed E-state index contributed by atoms with van der Waals surface area (Å²) in [5.74, 6) is 0.768. The van der Waals surface area contributed by atoms with Gasteiger partial charge in [0.2, 0.25) is 0 Å². The fraction of sp³-hybridized carbons (Fsp3) is 0.519. The van der Waals surface area contributed by atoms with Gasteiger partial charge in [-0.15, -0.1) is 0 Å². The molecule has 0 saturated carbocycles. The van der Waals surface area contributed by atoms with E-state index >= 15 is 0 Å². The van der Waals surface area contributed by atoms with Gasteiger partial charge < -0.3 is 24.8 Å². The summed E-state index contributed by atoms with van der Waals surface area (Å²) in [7, 11) is 0. The molecule has 0 radical (unpaired) electrons. The first kappa shape index (κ1) is 28.8. The van der Waals surface area contributed by atoms with Crippen LogP contribution < -0.4 is 15.1 Å². The van der Waals surface area contributed by atoms with Crippen LogP contribution in [0.1, 0.15) is 52.5 Å². The third-order valence-corrected chi connectivity index (χ3v) is 9.58. The Morgan fingerprint density at radius 2 is 1.90 bits per heavy atom. The van der Waals surface area contributed by atoms with Gasteiger partial charge in [-0.3, -0.25) is 4.79 Å². The lowest BCUT2D eigenvalue weighted by Crippen LogP contribution is -2.43. The van der Waals surface area contributed by atoms with E-state index in [1.54, 1.807) is 26.2 Å². The molecule has 2 fully saturated rings. The van der Waals surface area contributed by atoms with Gasteiger partial charge in [0.15, 0.2) is 10.9 Å². The molecule has 0 spiro atoms. The quantitative estimate of drug-likeness (QED) is 0.274. The molecule has 0 aromatic carbocycles. The molecule has 3 aromatic rings. The molecule has 10 nitrogen and oxygen atoms in total. The van der Waals surface area contributed by atoms with Crippen LogP contribution in [0.3, 0.4) is 0 Å². The molecule has 0 bridgehead atoms. The van der Waals surface area contributed by atoms with Crippen LogP contribution in [-0.4, -0.2) is 77.6 Å². The number of aromatic amines is 1.